The van der Waals surface area contributed by atoms with Crippen molar-refractivity contribution in [2.24, 2.45) is 0 Å². The van der Waals surface area contributed by atoms with Crippen LogP contribution in [0, 0.1) is 18.6 Å². The highest BCUT2D eigenvalue weighted by Crippen LogP contribution is 2.42. The summed E-state index contributed by atoms with van der Waals surface area (Å²) >= 11 is 6.76. The molecule has 3 aromatic rings. The van der Waals surface area contributed by atoms with Gasteiger partial charge in [-0.25, -0.2) is 13.6 Å². The van der Waals surface area contributed by atoms with Crippen molar-refractivity contribution in [3.8, 4) is 0 Å². The zero-order valence-electron chi connectivity index (χ0n) is 18.5. The van der Waals surface area contributed by atoms with Crippen molar-refractivity contribution >= 4 is 46.1 Å². The first kappa shape index (κ1) is 26.2. The highest BCUT2D eigenvalue weighted by Gasteiger charge is 2.57. The van der Waals surface area contributed by atoms with Crippen LogP contribution in [-0.2, 0) is 11.3 Å². The molecule has 2 heterocycles. The Morgan fingerprint density at radius 3 is 2.47 bits per heavy atom. The number of aromatic nitrogens is 1. The number of halogens is 6. The Morgan fingerprint density at radius 1 is 1.17 bits per heavy atom. The van der Waals surface area contributed by atoms with Crippen LogP contribution in [0.25, 0.3) is 10.9 Å². The molecule has 1 aliphatic rings. The van der Waals surface area contributed by atoms with Crippen LogP contribution in [0.5, 0.6) is 0 Å². The maximum atomic E-state index is 15.1. The Hall–Kier alpha value is -2.83. The highest BCUT2D eigenvalue weighted by atomic mass is 35.5. The molecule has 0 spiro atoms. The minimum Gasteiger partial charge on any atom is -0.478 e. The molecule has 2 N–H and O–H groups in total. The molecule has 0 aliphatic carbocycles. The monoisotopic (exact) mass is 548 g/mol. The summed E-state index contributed by atoms with van der Waals surface area (Å²) < 4.78 is 70.7. The van der Waals surface area contributed by atoms with Crippen molar-refractivity contribution in [1.82, 2.24) is 9.47 Å². The van der Waals surface area contributed by atoms with Gasteiger partial charge in [-0.2, -0.15) is 13.2 Å². The van der Waals surface area contributed by atoms with E-state index in [-0.39, 0.29) is 33.1 Å². The van der Waals surface area contributed by atoms with E-state index >= 15 is 4.39 Å². The molecule has 2 aromatic carbocycles. The summed E-state index contributed by atoms with van der Waals surface area (Å²) in [5.41, 5.74) is -3.42. The van der Waals surface area contributed by atoms with Gasteiger partial charge in [0, 0.05) is 33.8 Å². The van der Waals surface area contributed by atoms with Crippen LogP contribution in [-0.4, -0.2) is 56.4 Å². The Morgan fingerprint density at radius 2 is 1.86 bits per heavy atom. The summed E-state index contributed by atoms with van der Waals surface area (Å²) in [6, 6.07) is 6.50. The number of alkyl halides is 3. The Balaban J connectivity index is 1.74. The maximum Gasteiger partial charge on any atom is 0.419 e. The molecule has 1 fully saturated rings. The molecule has 13 heteroatoms. The third-order valence-corrected chi connectivity index (χ3v) is 7.69. The lowest BCUT2D eigenvalue weighted by Crippen LogP contribution is -2.48. The van der Waals surface area contributed by atoms with Crippen molar-refractivity contribution in [3.63, 3.8) is 0 Å². The number of rotatable bonds is 5. The normalized spacial score (nSPS) is 18.3. The second kappa shape index (κ2) is 9.24. The summed E-state index contributed by atoms with van der Waals surface area (Å²) in [5, 5.41) is 19.1. The van der Waals surface area contributed by atoms with Gasteiger partial charge in [0.15, 0.2) is 17.2 Å². The Bertz CT molecular complexity index is 1390. The van der Waals surface area contributed by atoms with E-state index in [0.29, 0.717) is 4.90 Å². The van der Waals surface area contributed by atoms with Crippen LogP contribution in [0.4, 0.5) is 22.0 Å². The number of fused-ring (bicyclic) bond motifs is 1. The van der Waals surface area contributed by atoms with Crippen LogP contribution in [0.1, 0.15) is 22.5 Å². The van der Waals surface area contributed by atoms with Crippen LogP contribution >= 0.6 is 23.4 Å². The molecule has 36 heavy (non-hydrogen) atoms. The molecule has 6 nitrogen and oxygen atoms in total. The highest BCUT2D eigenvalue weighted by molar-refractivity contribution is 7.99. The van der Waals surface area contributed by atoms with Gasteiger partial charge in [0.1, 0.15) is 6.54 Å². The van der Waals surface area contributed by atoms with Gasteiger partial charge in [0.25, 0.3) is 0 Å². The smallest absolute Gasteiger partial charge is 0.419 e. The average molecular weight is 549 g/mol. The largest absolute Gasteiger partial charge is 0.478 e. The molecule has 0 radical (unpaired) electrons. The Labute approximate surface area is 210 Å². The topological polar surface area (TPSA) is 82.8 Å². The zero-order chi connectivity index (χ0) is 26.6. The van der Waals surface area contributed by atoms with E-state index in [0.717, 1.165) is 22.7 Å². The van der Waals surface area contributed by atoms with Crippen molar-refractivity contribution in [2.75, 3.05) is 13.1 Å². The number of carbonyl (C=O) groups is 2. The van der Waals surface area contributed by atoms with E-state index < -0.39 is 60.4 Å². The van der Waals surface area contributed by atoms with Gasteiger partial charge in [-0.1, -0.05) is 29.4 Å². The van der Waals surface area contributed by atoms with Crippen molar-refractivity contribution in [2.45, 2.75) is 41.5 Å². The van der Waals surface area contributed by atoms with Gasteiger partial charge in [-0.15, -0.1) is 0 Å². The van der Waals surface area contributed by atoms with Gasteiger partial charge in [0.05, 0.1) is 22.6 Å². The van der Waals surface area contributed by atoms with Crippen LogP contribution in [0.15, 0.2) is 40.1 Å². The predicted octanol–water partition coefficient (Wildman–Crippen LogP) is 5.26. The third kappa shape index (κ3) is 4.41. The molecule has 0 bridgehead atoms. The van der Waals surface area contributed by atoms with Crippen molar-refractivity contribution in [3.05, 3.63) is 58.2 Å². The number of amides is 1. The van der Waals surface area contributed by atoms with Crippen LogP contribution < -0.4 is 0 Å². The molecule has 1 aliphatic heterocycles. The number of carboxylic acids is 1. The fourth-order valence-electron chi connectivity index (χ4n) is 4.14. The molecule has 1 atom stereocenters. The summed E-state index contributed by atoms with van der Waals surface area (Å²) in [5.74, 6) is -4.14. The SMILES string of the molecule is Cc1c(Sc2cccc(C(=O)O)c2F)c2ccc(Cl)c(F)c2n1CC(=O)N1CC[C@](O)(C(F)(F)F)C1. The lowest BCUT2D eigenvalue weighted by atomic mass is 10.0. The van der Waals surface area contributed by atoms with Gasteiger partial charge >= 0.3 is 12.1 Å². The molecule has 0 saturated carbocycles. The van der Waals surface area contributed by atoms with Crippen molar-refractivity contribution in [1.29, 1.82) is 0 Å². The minimum atomic E-state index is -4.92. The summed E-state index contributed by atoms with van der Waals surface area (Å²) in [6.07, 6.45) is -5.61. The molecule has 4 rings (SSSR count). The molecular formula is C23H18ClF5N2O4S. The van der Waals surface area contributed by atoms with E-state index in [2.05, 4.69) is 0 Å². The maximum absolute atomic E-state index is 15.1. The number of hydrogen-bond acceptors (Lipinski definition) is 4. The number of aromatic carboxylic acids is 1. The first-order valence-corrected chi connectivity index (χ1v) is 11.7. The van der Waals surface area contributed by atoms with Gasteiger partial charge in [-0.3, -0.25) is 4.79 Å². The lowest BCUT2D eigenvalue weighted by Gasteiger charge is -2.26. The molecule has 192 valence electrons. The van der Waals surface area contributed by atoms with Gasteiger partial charge < -0.3 is 19.7 Å². The average Bonchev–Trinajstić information content (AvgIpc) is 3.32. The summed E-state index contributed by atoms with van der Waals surface area (Å²) in [7, 11) is 0. The molecule has 1 aromatic heterocycles. The standard InChI is InChI=1S/C23H18ClF5N2O4S/c1-11-20(36-15-4-2-3-12(17(15)25)21(33)34)13-5-6-14(24)18(26)19(13)31(11)9-16(32)30-8-7-22(35,10-30)23(27,28)29/h2-6,35H,7-10H2,1H3,(H,33,34)/t22-/m1/s1. The fourth-order valence-corrected chi connectivity index (χ4v) is 5.39. The van der Waals surface area contributed by atoms with E-state index in [4.69, 9.17) is 11.6 Å². The number of hydrogen-bond donors (Lipinski definition) is 2. The van der Waals surface area contributed by atoms with Crippen molar-refractivity contribution < 1.29 is 41.8 Å². The molecule has 1 amide bonds. The van der Waals surface area contributed by atoms with E-state index in [1.807, 2.05) is 0 Å². The third-order valence-electron chi connectivity index (χ3n) is 6.14. The predicted molar refractivity (Wildman–Crippen MR) is 121 cm³/mol. The van der Waals surface area contributed by atoms with E-state index in [1.165, 1.54) is 35.8 Å². The quantitative estimate of drug-likeness (QED) is 0.425. The number of aliphatic hydroxyl groups is 1. The number of likely N-dealkylation sites (tertiary alicyclic amines) is 1. The summed E-state index contributed by atoms with van der Waals surface area (Å²) in [4.78, 5) is 25.3. The second-order valence-electron chi connectivity index (χ2n) is 8.38. The number of benzene rings is 2. The number of carboxylic acid groups (broad SMARTS) is 1. The number of nitrogens with zero attached hydrogens (tertiary/aromatic N) is 2. The van der Waals surface area contributed by atoms with Crippen LogP contribution in [0.2, 0.25) is 5.02 Å². The first-order chi connectivity index (χ1) is 16.7. The number of β-amino-alcohol motifs (C(OH)–C–C–N with tert-alkyl or cyclic N) is 1. The van der Waals surface area contributed by atoms with E-state index in [1.54, 1.807) is 0 Å². The fraction of sp³-hybridized carbons (Fsp3) is 0.304. The molecule has 1 saturated heterocycles. The van der Waals surface area contributed by atoms with Crippen LogP contribution in [0.3, 0.4) is 0 Å². The Kier molecular flexibility index (Phi) is 6.73. The second-order valence-corrected chi connectivity index (χ2v) is 9.84. The van der Waals surface area contributed by atoms with Gasteiger partial charge in [0.2, 0.25) is 5.91 Å². The molecule has 0 unspecified atom stereocenters. The van der Waals surface area contributed by atoms with E-state index in [9.17, 15) is 37.4 Å². The molecular weight excluding hydrogens is 531 g/mol. The number of carbonyl (C=O) groups excluding carboxylic acids is 1. The summed E-state index contributed by atoms with van der Waals surface area (Å²) in [6.45, 7) is -0.347. The minimum absolute atomic E-state index is 0.0616. The zero-order valence-corrected chi connectivity index (χ0v) is 20.1. The lowest BCUT2D eigenvalue weighted by molar-refractivity contribution is -0.253. The first-order valence-electron chi connectivity index (χ1n) is 10.5. The van der Waals surface area contributed by atoms with Gasteiger partial charge in [-0.05, 0) is 31.2 Å².